The molecule has 0 unspecified atom stereocenters. The summed E-state index contributed by atoms with van der Waals surface area (Å²) in [6.45, 7) is 1.98. The topological polar surface area (TPSA) is 87.7 Å². The number of carbonyl (C=O) groups is 1. The number of sulfonamides is 1. The Hall–Kier alpha value is -2.26. The number of nitrogens with one attached hydrogen (secondary N) is 2. The second kappa shape index (κ2) is 9.09. The normalized spacial score (nSPS) is 11.0. The smallest absolute Gasteiger partial charge is 0.321 e. The number of hydrogen-bond donors (Lipinski definition) is 2. The highest BCUT2D eigenvalue weighted by atomic mass is 79.9. The zero-order chi connectivity index (χ0) is 20.0. The van der Waals surface area contributed by atoms with Gasteiger partial charge in [-0.2, -0.15) is 0 Å². The summed E-state index contributed by atoms with van der Waals surface area (Å²) in [6.07, 6.45) is 0. The largest absolute Gasteiger partial charge is 0.494 e. The molecule has 0 aromatic heterocycles. The van der Waals surface area contributed by atoms with Crippen molar-refractivity contribution in [3.63, 3.8) is 0 Å². The van der Waals surface area contributed by atoms with Crippen molar-refractivity contribution in [3.8, 4) is 5.75 Å². The van der Waals surface area contributed by atoms with Gasteiger partial charge in [0, 0.05) is 29.8 Å². The maximum Gasteiger partial charge on any atom is 0.321 e. The van der Waals surface area contributed by atoms with Crippen LogP contribution in [0, 0.1) is 0 Å². The van der Waals surface area contributed by atoms with Gasteiger partial charge >= 0.3 is 6.03 Å². The van der Waals surface area contributed by atoms with Crippen molar-refractivity contribution < 1.29 is 17.9 Å². The number of carbonyl (C=O) groups excluding carboxylic acids is 1. The molecule has 9 heteroatoms. The second-order valence-electron chi connectivity index (χ2n) is 5.80. The van der Waals surface area contributed by atoms with Crippen LogP contribution < -0.4 is 14.8 Å². The minimum absolute atomic E-state index is 0.0471. The Bertz CT molecular complexity index is 919. The second-order valence-corrected chi connectivity index (χ2v) is 8.66. The summed E-state index contributed by atoms with van der Waals surface area (Å²) in [6, 6.07) is 12.1. The standard InChI is InChI=1S/C18H22BrN3O4S/c1-4-27(24,25)21-16-10-9-14(11-17(16)26-3)20-18(23)22(2)12-13-7-5-6-8-15(13)19/h5-11,21H,4,12H2,1-3H3,(H,20,23). The van der Waals surface area contributed by atoms with Gasteiger partial charge in [-0.1, -0.05) is 34.1 Å². The van der Waals surface area contributed by atoms with Crippen molar-refractivity contribution in [3.05, 3.63) is 52.5 Å². The van der Waals surface area contributed by atoms with E-state index in [1.54, 1.807) is 37.1 Å². The molecule has 2 amide bonds. The Kier molecular flexibility index (Phi) is 7.09. The van der Waals surface area contributed by atoms with Gasteiger partial charge in [0.15, 0.2) is 0 Å². The number of nitrogens with zero attached hydrogens (tertiary/aromatic N) is 1. The van der Waals surface area contributed by atoms with Crippen LogP contribution in [0.2, 0.25) is 0 Å². The lowest BCUT2D eigenvalue weighted by Crippen LogP contribution is -2.31. The fraction of sp³-hybridized carbons (Fsp3) is 0.278. The Morgan fingerprint density at radius 2 is 1.93 bits per heavy atom. The number of anilines is 2. The molecule has 27 heavy (non-hydrogen) atoms. The third-order valence-corrected chi connectivity index (χ3v) is 5.87. The van der Waals surface area contributed by atoms with Gasteiger partial charge in [0.2, 0.25) is 10.0 Å². The molecular formula is C18H22BrN3O4S. The van der Waals surface area contributed by atoms with Gasteiger partial charge < -0.3 is 15.0 Å². The Morgan fingerprint density at radius 1 is 1.22 bits per heavy atom. The van der Waals surface area contributed by atoms with Crippen LogP contribution in [-0.2, 0) is 16.6 Å². The van der Waals surface area contributed by atoms with E-state index in [2.05, 4.69) is 26.0 Å². The number of rotatable bonds is 7. The van der Waals surface area contributed by atoms with Crippen LogP contribution in [0.5, 0.6) is 5.75 Å². The maximum atomic E-state index is 12.4. The average molecular weight is 456 g/mol. The number of hydrogen-bond acceptors (Lipinski definition) is 4. The van der Waals surface area contributed by atoms with Crippen LogP contribution in [-0.4, -0.2) is 39.3 Å². The molecule has 0 aliphatic heterocycles. The minimum Gasteiger partial charge on any atom is -0.494 e. The number of amides is 2. The monoisotopic (exact) mass is 455 g/mol. The number of benzene rings is 2. The predicted molar refractivity (Wildman–Crippen MR) is 111 cm³/mol. The zero-order valence-corrected chi connectivity index (χ0v) is 17.7. The van der Waals surface area contributed by atoms with Gasteiger partial charge in [-0.3, -0.25) is 4.72 Å². The first-order valence-corrected chi connectivity index (χ1v) is 10.6. The van der Waals surface area contributed by atoms with Crippen LogP contribution in [0.25, 0.3) is 0 Å². The molecule has 0 aliphatic carbocycles. The summed E-state index contributed by atoms with van der Waals surface area (Å²) in [5, 5.41) is 2.77. The summed E-state index contributed by atoms with van der Waals surface area (Å²) >= 11 is 3.47. The SMILES string of the molecule is CCS(=O)(=O)Nc1ccc(NC(=O)N(C)Cc2ccccc2Br)cc1OC. The molecular weight excluding hydrogens is 434 g/mol. The summed E-state index contributed by atoms with van der Waals surface area (Å²) < 4.78 is 32.1. The summed E-state index contributed by atoms with van der Waals surface area (Å²) in [7, 11) is -0.299. The molecule has 7 nitrogen and oxygen atoms in total. The molecule has 0 atom stereocenters. The fourth-order valence-electron chi connectivity index (χ4n) is 2.27. The van der Waals surface area contributed by atoms with Gasteiger partial charge in [0.05, 0.1) is 18.6 Å². The van der Waals surface area contributed by atoms with E-state index >= 15 is 0 Å². The van der Waals surface area contributed by atoms with E-state index in [0.717, 1.165) is 10.0 Å². The molecule has 0 fully saturated rings. The lowest BCUT2D eigenvalue weighted by atomic mass is 10.2. The fourth-order valence-corrected chi connectivity index (χ4v) is 3.32. The molecule has 2 aromatic rings. The molecule has 2 aromatic carbocycles. The van der Waals surface area contributed by atoms with Crippen molar-refractivity contribution in [1.82, 2.24) is 4.90 Å². The van der Waals surface area contributed by atoms with Crippen molar-refractivity contribution >= 4 is 43.4 Å². The van der Waals surface area contributed by atoms with E-state index in [0.29, 0.717) is 23.7 Å². The third kappa shape index (κ3) is 5.86. The highest BCUT2D eigenvalue weighted by Crippen LogP contribution is 2.29. The first-order valence-electron chi connectivity index (χ1n) is 8.19. The molecule has 146 valence electrons. The first kappa shape index (κ1) is 21.0. The summed E-state index contributed by atoms with van der Waals surface area (Å²) in [5.41, 5.74) is 1.80. The minimum atomic E-state index is -3.42. The van der Waals surface area contributed by atoms with Gasteiger partial charge in [-0.25, -0.2) is 13.2 Å². The number of halogens is 1. The molecule has 0 aliphatic rings. The Balaban J connectivity index is 2.10. The highest BCUT2D eigenvalue weighted by Gasteiger charge is 2.14. The summed E-state index contributed by atoms with van der Waals surface area (Å²) in [4.78, 5) is 14.0. The number of methoxy groups -OCH3 is 1. The molecule has 0 spiro atoms. The van der Waals surface area contributed by atoms with E-state index < -0.39 is 10.0 Å². The van der Waals surface area contributed by atoms with Crippen LogP contribution in [0.4, 0.5) is 16.2 Å². The molecule has 0 heterocycles. The molecule has 0 bridgehead atoms. The third-order valence-electron chi connectivity index (χ3n) is 3.81. The van der Waals surface area contributed by atoms with Crippen LogP contribution in [0.1, 0.15) is 12.5 Å². The van der Waals surface area contributed by atoms with E-state index in [9.17, 15) is 13.2 Å². The first-order chi connectivity index (χ1) is 12.8. The van der Waals surface area contributed by atoms with E-state index in [-0.39, 0.29) is 11.8 Å². The number of ether oxygens (including phenoxy) is 1. The van der Waals surface area contributed by atoms with E-state index in [1.807, 2.05) is 24.3 Å². The van der Waals surface area contributed by atoms with Gasteiger partial charge in [0.25, 0.3) is 0 Å². The lowest BCUT2D eigenvalue weighted by molar-refractivity contribution is 0.220. The van der Waals surface area contributed by atoms with Gasteiger partial charge in [-0.05, 0) is 30.7 Å². The lowest BCUT2D eigenvalue weighted by Gasteiger charge is -2.19. The molecule has 2 N–H and O–H groups in total. The van der Waals surface area contributed by atoms with E-state index in [4.69, 9.17) is 4.74 Å². The zero-order valence-electron chi connectivity index (χ0n) is 15.3. The predicted octanol–water partition coefficient (Wildman–Crippen LogP) is 3.88. The molecule has 0 saturated heterocycles. The quantitative estimate of drug-likeness (QED) is 0.662. The average Bonchev–Trinajstić information content (AvgIpc) is 2.64. The maximum absolute atomic E-state index is 12.4. The van der Waals surface area contributed by atoms with Crippen LogP contribution in [0.15, 0.2) is 46.9 Å². The molecule has 2 rings (SSSR count). The van der Waals surface area contributed by atoms with Crippen molar-refractivity contribution in [1.29, 1.82) is 0 Å². The Morgan fingerprint density at radius 3 is 2.56 bits per heavy atom. The van der Waals surface area contributed by atoms with Crippen LogP contribution in [0.3, 0.4) is 0 Å². The summed E-state index contributed by atoms with van der Waals surface area (Å²) in [5.74, 6) is 0.271. The van der Waals surface area contributed by atoms with Gasteiger partial charge in [-0.15, -0.1) is 0 Å². The van der Waals surface area contributed by atoms with Crippen molar-refractivity contribution in [2.24, 2.45) is 0 Å². The number of urea groups is 1. The van der Waals surface area contributed by atoms with Crippen molar-refractivity contribution in [2.45, 2.75) is 13.5 Å². The van der Waals surface area contributed by atoms with Gasteiger partial charge in [0.1, 0.15) is 5.75 Å². The highest BCUT2D eigenvalue weighted by molar-refractivity contribution is 9.10. The van der Waals surface area contributed by atoms with Crippen molar-refractivity contribution in [2.75, 3.05) is 29.9 Å². The molecule has 0 radical (unpaired) electrons. The molecule has 0 saturated carbocycles. The van der Waals surface area contributed by atoms with Crippen LogP contribution >= 0.6 is 15.9 Å². The van der Waals surface area contributed by atoms with E-state index in [1.165, 1.54) is 7.11 Å². The Labute approximate surface area is 167 Å².